The molecular formula is C18H19ClN4O3. The SMILES string of the molecule is O=C(NCC1CC2CCC1C2)c1cc(-n2ncc(=O)[nH]c2=O)ccc1Cl. The van der Waals surface area contributed by atoms with Gasteiger partial charge in [0.15, 0.2) is 0 Å². The van der Waals surface area contributed by atoms with Crippen molar-refractivity contribution >= 4 is 17.5 Å². The highest BCUT2D eigenvalue weighted by atomic mass is 35.5. The third-order valence-electron chi connectivity index (χ3n) is 5.56. The number of carbonyl (C=O) groups is 1. The van der Waals surface area contributed by atoms with Crippen molar-refractivity contribution < 1.29 is 4.79 Å². The van der Waals surface area contributed by atoms with E-state index < -0.39 is 11.2 Å². The molecule has 26 heavy (non-hydrogen) atoms. The summed E-state index contributed by atoms with van der Waals surface area (Å²) in [5.74, 6) is 1.83. The average molecular weight is 375 g/mol. The zero-order valence-corrected chi connectivity index (χ0v) is 14.8. The van der Waals surface area contributed by atoms with E-state index in [-0.39, 0.29) is 11.5 Å². The van der Waals surface area contributed by atoms with Crippen molar-refractivity contribution in [1.82, 2.24) is 20.1 Å². The van der Waals surface area contributed by atoms with E-state index in [1.807, 2.05) is 0 Å². The second kappa shape index (κ2) is 6.72. The van der Waals surface area contributed by atoms with Crippen LogP contribution in [0.4, 0.5) is 0 Å². The van der Waals surface area contributed by atoms with Gasteiger partial charge in [0.05, 0.1) is 16.3 Å². The molecule has 2 aromatic rings. The predicted octanol–water partition coefficient (Wildman–Crippen LogP) is 1.74. The highest BCUT2D eigenvalue weighted by Crippen LogP contribution is 2.47. The van der Waals surface area contributed by atoms with Crippen LogP contribution in [0.25, 0.3) is 5.69 Å². The number of halogens is 1. The van der Waals surface area contributed by atoms with Crippen molar-refractivity contribution in [2.24, 2.45) is 17.8 Å². The number of hydrogen-bond donors (Lipinski definition) is 2. The minimum atomic E-state index is -0.673. The lowest BCUT2D eigenvalue weighted by atomic mass is 9.89. The van der Waals surface area contributed by atoms with Gasteiger partial charge in [0.25, 0.3) is 11.5 Å². The average Bonchev–Trinajstić information content (AvgIpc) is 3.23. The maximum atomic E-state index is 12.6. The van der Waals surface area contributed by atoms with Gasteiger partial charge in [0.1, 0.15) is 6.20 Å². The molecule has 4 rings (SSSR count). The Morgan fingerprint density at radius 2 is 2.15 bits per heavy atom. The number of carbonyl (C=O) groups excluding carboxylic acids is 1. The summed E-state index contributed by atoms with van der Waals surface area (Å²) in [5, 5.41) is 7.08. The standard InChI is InChI=1S/C18H19ClN4O3/c19-15-4-3-13(23-18(26)22-16(24)9-21-23)7-14(15)17(25)20-8-12-6-10-1-2-11(12)5-10/h3-4,7,9-12H,1-2,5-6,8H2,(H,20,25)(H,22,24,26). The second-order valence-electron chi connectivity index (χ2n) is 7.16. The highest BCUT2D eigenvalue weighted by Gasteiger charge is 2.39. The monoisotopic (exact) mass is 374 g/mol. The molecule has 2 aliphatic rings. The van der Waals surface area contributed by atoms with Gasteiger partial charge in [-0.05, 0) is 55.2 Å². The van der Waals surface area contributed by atoms with Gasteiger partial charge in [-0.1, -0.05) is 18.0 Å². The largest absolute Gasteiger partial charge is 0.352 e. The predicted molar refractivity (Wildman–Crippen MR) is 96.7 cm³/mol. The van der Waals surface area contributed by atoms with E-state index in [2.05, 4.69) is 15.4 Å². The number of nitrogens with one attached hydrogen (secondary N) is 2. The molecule has 2 fully saturated rings. The van der Waals surface area contributed by atoms with Gasteiger partial charge < -0.3 is 5.32 Å². The van der Waals surface area contributed by atoms with Crippen LogP contribution in [-0.4, -0.2) is 27.2 Å². The van der Waals surface area contributed by atoms with Crippen LogP contribution >= 0.6 is 11.6 Å². The zero-order chi connectivity index (χ0) is 18.3. The second-order valence-corrected chi connectivity index (χ2v) is 7.57. The van der Waals surface area contributed by atoms with E-state index in [4.69, 9.17) is 11.6 Å². The first kappa shape index (κ1) is 17.0. The molecule has 2 N–H and O–H groups in total. The summed E-state index contributed by atoms with van der Waals surface area (Å²) < 4.78 is 1.02. The fourth-order valence-corrected chi connectivity index (χ4v) is 4.51. The third kappa shape index (κ3) is 3.19. The van der Waals surface area contributed by atoms with Gasteiger partial charge in [-0.25, -0.2) is 4.79 Å². The summed E-state index contributed by atoms with van der Waals surface area (Å²) in [6.07, 6.45) is 6.07. The molecule has 3 unspecified atom stereocenters. The first-order valence-corrected chi connectivity index (χ1v) is 9.16. The van der Waals surface area contributed by atoms with E-state index in [9.17, 15) is 14.4 Å². The lowest BCUT2D eigenvalue weighted by molar-refractivity contribution is 0.0942. The van der Waals surface area contributed by atoms with Gasteiger partial charge >= 0.3 is 5.69 Å². The van der Waals surface area contributed by atoms with E-state index >= 15 is 0 Å². The molecule has 2 saturated carbocycles. The van der Waals surface area contributed by atoms with Gasteiger partial charge in [-0.15, -0.1) is 0 Å². The molecule has 0 aliphatic heterocycles. The fourth-order valence-electron chi connectivity index (χ4n) is 4.30. The van der Waals surface area contributed by atoms with E-state index in [1.54, 1.807) is 12.1 Å². The normalized spacial score (nSPS) is 24.0. The Hall–Kier alpha value is -2.41. The van der Waals surface area contributed by atoms with Crippen LogP contribution in [0.15, 0.2) is 34.0 Å². The van der Waals surface area contributed by atoms with Crippen LogP contribution in [0, 0.1) is 17.8 Å². The van der Waals surface area contributed by atoms with Gasteiger partial charge in [-0.2, -0.15) is 9.78 Å². The Morgan fingerprint density at radius 3 is 2.85 bits per heavy atom. The number of benzene rings is 1. The number of aromatic amines is 1. The van der Waals surface area contributed by atoms with Gasteiger partial charge in [0, 0.05) is 6.54 Å². The van der Waals surface area contributed by atoms with Crippen molar-refractivity contribution in [1.29, 1.82) is 0 Å². The number of H-pyrrole nitrogens is 1. The molecule has 0 spiro atoms. The van der Waals surface area contributed by atoms with E-state index in [0.717, 1.165) is 22.7 Å². The summed E-state index contributed by atoms with van der Waals surface area (Å²) in [5.41, 5.74) is -0.606. The maximum Gasteiger partial charge on any atom is 0.349 e. The number of rotatable bonds is 4. The van der Waals surface area contributed by atoms with Crippen molar-refractivity contribution in [3.05, 3.63) is 55.8 Å². The molecule has 7 nitrogen and oxygen atoms in total. The van der Waals surface area contributed by atoms with Crippen molar-refractivity contribution in [3.63, 3.8) is 0 Å². The number of nitrogens with zero attached hydrogens (tertiary/aromatic N) is 2. The van der Waals surface area contributed by atoms with Crippen molar-refractivity contribution in [2.75, 3.05) is 6.54 Å². The first-order chi connectivity index (χ1) is 12.5. The number of aromatic nitrogens is 3. The minimum absolute atomic E-state index is 0.267. The lowest BCUT2D eigenvalue weighted by Gasteiger charge is -2.22. The molecule has 0 saturated heterocycles. The van der Waals surface area contributed by atoms with Crippen LogP contribution in [0.5, 0.6) is 0 Å². The molecule has 1 heterocycles. The molecule has 1 aromatic carbocycles. The van der Waals surface area contributed by atoms with Crippen LogP contribution in [0.1, 0.15) is 36.0 Å². The molecule has 1 amide bonds. The quantitative estimate of drug-likeness (QED) is 0.851. The number of hydrogen-bond acceptors (Lipinski definition) is 4. The Balaban J connectivity index is 1.53. The molecule has 136 valence electrons. The zero-order valence-electron chi connectivity index (χ0n) is 14.1. The van der Waals surface area contributed by atoms with Gasteiger partial charge in [-0.3, -0.25) is 14.6 Å². The molecule has 1 aromatic heterocycles. The number of fused-ring (bicyclic) bond motifs is 2. The summed E-state index contributed by atoms with van der Waals surface area (Å²) in [4.78, 5) is 37.8. The summed E-state index contributed by atoms with van der Waals surface area (Å²) in [6.45, 7) is 0.650. The van der Waals surface area contributed by atoms with Crippen molar-refractivity contribution in [2.45, 2.75) is 25.7 Å². The first-order valence-electron chi connectivity index (χ1n) is 8.78. The summed E-state index contributed by atoms with van der Waals surface area (Å²) >= 11 is 6.18. The smallest absolute Gasteiger partial charge is 0.349 e. The van der Waals surface area contributed by atoms with E-state index in [1.165, 1.54) is 31.7 Å². The minimum Gasteiger partial charge on any atom is -0.352 e. The highest BCUT2D eigenvalue weighted by molar-refractivity contribution is 6.33. The molecule has 3 atom stereocenters. The molecule has 2 aliphatic carbocycles. The third-order valence-corrected chi connectivity index (χ3v) is 5.89. The lowest BCUT2D eigenvalue weighted by Crippen LogP contribution is -2.32. The Labute approximate surface area is 154 Å². The molecular weight excluding hydrogens is 356 g/mol. The Bertz CT molecular complexity index is 967. The van der Waals surface area contributed by atoms with Crippen LogP contribution in [-0.2, 0) is 0 Å². The summed E-state index contributed by atoms with van der Waals surface area (Å²) in [7, 11) is 0. The Morgan fingerprint density at radius 1 is 1.31 bits per heavy atom. The van der Waals surface area contributed by atoms with Crippen LogP contribution < -0.4 is 16.6 Å². The number of amides is 1. The summed E-state index contributed by atoms with van der Waals surface area (Å²) in [6, 6.07) is 4.62. The molecule has 8 heteroatoms. The fraction of sp³-hybridized carbons (Fsp3) is 0.444. The van der Waals surface area contributed by atoms with Crippen LogP contribution in [0.3, 0.4) is 0 Å². The Kier molecular flexibility index (Phi) is 4.40. The molecule has 2 bridgehead atoms. The topological polar surface area (TPSA) is 96.8 Å². The molecule has 0 radical (unpaired) electrons. The van der Waals surface area contributed by atoms with E-state index in [0.29, 0.717) is 23.2 Å². The van der Waals surface area contributed by atoms with Crippen molar-refractivity contribution in [3.8, 4) is 5.69 Å². The van der Waals surface area contributed by atoms with Crippen LogP contribution in [0.2, 0.25) is 5.02 Å². The van der Waals surface area contributed by atoms with Gasteiger partial charge in [0.2, 0.25) is 0 Å². The maximum absolute atomic E-state index is 12.6.